The molecular weight excluding hydrogens is 220 g/mol. The lowest BCUT2D eigenvalue weighted by Gasteiger charge is -2.24. The van der Waals surface area contributed by atoms with Gasteiger partial charge in [-0.3, -0.25) is 0 Å². The fourth-order valence-electron chi connectivity index (χ4n) is 2.83. The Bertz CT molecular complexity index is 230. The van der Waals surface area contributed by atoms with E-state index < -0.39 is 8.56 Å². The zero-order chi connectivity index (χ0) is 11.6. The summed E-state index contributed by atoms with van der Waals surface area (Å²) in [4.78, 5) is 0. The minimum atomic E-state index is -1.83. The molecule has 0 amide bonds. The minimum Gasteiger partial charge on any atom is -0.398 e. The first kappa shape index (κ1) is 12.6. The first-order valence-corrected chi connectivity index (χ1v) is 8.96. The maximum atomic E-state index is 5.67. The molecule has 1 aliphatic heterocycles. The molecule has 4 heteroatoms. The van der Waals surface area contributed by atoms with Crippen LogP contribution in [0, 0.1) is 5.92 Å². The summed E-state index contributed by atoms with van der Waals surface area (Å²) in [6.07, 6.45) is 7.75. The van der Waals surface area contributed by atoms with Crippen LogP contribution in [0.1, 0.15) is 32.1 Å². The standard InChI is InChI=1S/C12H24O3Si/c1-13-16(3,14-2)9-5-7-10-6-4-8-11-12(10)15-11/h10-12H,4-9H2,1-3H3. The molecule has 3 nitrogen and oxygen atoms in total. The van der Waals surface area contributed by atoms with E-state index in [0.717, 1.165) is 12.0 Å². The van der Waals surface area contributed by atoms with Crippen molar-refractivity contribution in [1.82, 2.24) is 0 Å². The molecule has 3 atom stereocenters. The Labute approximate surface area is 99.7 Å². The van der Waals surface area contributed by atoms with Crippen molar-refractivity contribution < 1.29 is 13.6 Å². The highest BCUT2D eigenvalue weighted by atomic mass is 28.4. The first-order valence-electron chi connectivity index (χ1n) is 6.44. The van der Waals surface area contributed by atoms with Crippen molar-refractivity contribution in [3.63, 3.8) is 0 Å². The summed E-state index contributed by atoms with van der Waals surface area (Å²) in [6.45, 7) is 2.14. The zero-order valence-electron chi connectivity index (χ0n) is 10.7. The lowest BCUT2D eigenvalue weighted by molar-refractivity contribution is 0.244. The first-order chi connectivity index (χ1) is 7.68. The Kier molecular flexibility index (Phi) is 4.05. The Morgan fingerprint density at radius 1 is 1.25 bits per heavy atom. The fourth-order valence-corrected chi connectivity index (χ4v) is 4.25. The molecule has 0 aromatic heterocycles. The van der Waals surface area contributed by atoms with Crippen molar-refractivity contribution in [1.29, 1.82) is 0 Å². The summed E-state index contributed by atoms with van der Waals surface area (Å²) in [7, 11) is 1.72. The lowest BCUT2D eigenvalue weighted by atomic mass is 9.86. The van der Waals surface area contributed by atoms with Gasteiger partial charge in [0.25, 0.3) is 0 Å². The molecule has 1 heterocycles. The van der Waals surface area contributed by atoms with E-state index in [1.54, 1.807) is 14.2 Å². The highest BCUT2D eigenvalue weighted by molar-refractivity contribution is 6.65. The van der Waals surface area contributed by atoms with Crippen LogP contribution in [0.5, 0.6) is 0 Å². The number of hydrogen-bond acceptors (Lipinski definition) is 3. The number of rotatable bonds is 6. The van der Waals surface area contributed by atoms with Crippen LogP contribution in [-0.2, 0) is 13.6 Å². The van der Waals surface area contributed by atoms with Crippen LogP contribution in [0.4, 0.5) is 0 Å². The quantitative estimate of drug-likeness (QED) is 0.532. The smallest absolute Gasteiger partial charge is 0.334 e. The predicted molar refractivity (Wildman–Crippen MR) is 65.7 cm³/mol. The van der Waals surface area contributed by atoms with E-state index in [2.05, 4.69) is 6.55 Å². The third kappa shape index (κ3) is 2.86. The molecule has 0 radical (unpaired) electrons. The molecule has 1 saturated heterocycles. The van der Waals surface area contributed by atoms with Gasteiger partial charge < -0.3 is 13.6 Å². The normalized spacial score (nSPS) is 33.6. The van der Waals surface area contributed by atoms with Gasteiger partial charge in [0.15, 0.2) is 0 Å². The fraction of sp³-hybridized carbons (Fsp3) is 1.00. The molecule has 0 aromatic rings. The van der Waals surface area contributed by atoms with E-state index in [4.69, 9.17) is 13.6 Å². The maximum absolute atomic E-state index is 5.67. The highest BCUT2D eigenvalue weighted by Gasteiger charge is 2.46. The minimum absolute atomic E-state index is 0.603. The Morgan fingerprint density at radius 2 is 2.00 bits per heavy atom. The molecule has 2 rings (SSSR count). The number of epoxide rings is 1. The van der Waals surface area contributed by atoms with Gasteiger partial charge in [-0.2, -0.15) is 0 Å². The molecule has 2 aliphatic rings. The van der Waals surface area contributed by atoms with E-state index in [1.807, 2.05) is 0 Å². The van der Waals surface area contributed by atoms with Crippen LogP contribution in [0.2, 0.25) is 12.6 Å². The second-order valence-corrected chi connectivity index (χ2v) is 8.85. The summed E-state index contributed by atoms with van der Waals surface area (Å²) >= 11 is 0. The summed E-state index contributed by atoms with van der Waals surface area (Å²) < 4.78 is 16.7. The van der Waals surface area contributed by atoms with E-state index in [0.29, 0.717) is 12.2 Å². The topological polar surface area (TPSA) is 31.0 Å². The van der Waals surface area contributed by atoms with Gasteiger partial charge in [-0.25, -0.2) is 0 Å². The van der Waals surface area contributed by atoms with Gasteiger partial charge in [-0.1, -0.05) is 12.8 Å². The van der Waals surface area contributed by atoms with Gasteiger partial charge in [0.1, 0.15) is 0 Å². The van der Waals surface area contributed by atoms with Gasteiger partial charge in [0.2, 0.25) is 0 Å². The van der Waals surface area contributed by atoms with Gasteiger partial charge in [0.05, 0.1) is 12.2 Å². The Balaban J connectivity index is 1.67. The number of fused-ring (bicyclic) bond motifs is 1. The van der Waals surface area contributed by atoms with E-state index in [1.165, 1.54) is 32.1 Å². The molecule has 2 fully saturated rings. The van der Waals surface area contributed by atoms with Crippen LogP contribution in [0.25, 0.3) is 0 Å². The summed E-state index contributed by atoms with van der Waals surface area (Å²) in [5.41, 5.74) is 0. The monoisotopic (exact) mass is 244 g/mol. The summed E-state index contributed by atoms with van der Waals surface area (Å²) in [6, 6.07) is 1.11. The Morgan fingerprint density at radius 3 is 2.69 bits per heavy atom. The average molecular weight is 244 g/mol. The van der Waals surface area contributed by atoms with Crippen LogP contribution in [0.3, 0.4) is 0 Å². The molecule has 1 aliphatic carbocycles. The van der Waals surface area contributed by atoms with Crippen molar-refractivity contribution >= 4 is 8.56 Å². The third-order valence-corrected chi connectivity index (χ3v) is 7.21. The summed E-state index contributed by atoms with van der Waals surface area (Å²) in [5.74, 6) is 0.811. The number of hydrogen-bond donors (Lipinski definition) is 0. The molecular formula is C12H24O3Si. The SMILES string of the molecule is CO[Si](C)(CCCC1CCCC2OC12)OC. The second kappa shape index (κ2) is 5.17. The maximum Gasteiger partial charge on any atom is 0.334 e. The molecule has 0 N–H and O–H groups in total. The average Bonchev–Trinajstić information content (AvgIpc) is 3.09. The highest BCUT2D eigenvalue weighted by Crippen LogP contribution is 2.42. The van der Waals surface area contributed by atoms with E-state index >= 15 is 0 Å². The largest absolute Gasteiger partial charge is 0.398 e. The van der Waals surface area contributed by atoms with Crippen LogP contribution in [0.15, 0.2) is 0 Å². The zero-order valence-corrected chi connectivity index (χ0v) is 11.7. The van der Waals surface area contributed by atoms with Crippen LogP contribution in [-0.4, -0.2) is 35.0 Å². The van der Waals surface area contributed by atoms with Gasteiger partial charge in [-0.05, 0) is 37.8 Å². The van der Waals surface area contributed by atoms with Crippen molar-refractivity contribution in [3.8, 4) is 0 Å². The van der Waals surface area contributed by atoms with Gasteiger partial charge in [0, 0.05) is 14.2 Å². The second-order valence-electron chi connectivity index (χ2n) is 5.26. The van der Waals surface area contributed by atoms with Crippen molar-refractivity contribution in [2.75, 3.05) is 14.2 Å². The van der Waals surface area contributed by atoms with Crippen molar-refractivity contribution in [2.24, 2.45) is 5.92 Å². The molecule has 16 heavy (non-hydrogen) atoms. The Hall–Kier alpha value is 0.0969. The molecule has 0 spiro atoms. The van der Waals surface area contributed by atoms with E-state index in [-0.39, 0.29) is 0 Å². The van der Waals surface area contributed by atoms with Crippen molar-refractivity contribution in [2.45, 2.75) is 56.9 Å². The van der Waals surface area contributed by atoms with Crippen LogP contribution < -0.4 is 0 Å². The molecule has 1 saturated carbocycles. The summed E-state index contributed by atoms with van der Waals surface area (Å²) in [5, 5.41) is 0. The number of ether oxygens (including phenoxy) is 1. The third-order valence-electron chi connectivity index (χ3n) is 4.22. The van der Waals surface area contributed by atoms with Crippen molar-refractivity contribution in [3.05, 3.63) is 0 Å². The van der Waals surface area contributed by atoms with E-state index in [9.17, 15) is 0 Å². The molecule has 0 aromatic carbocycles. The van der Waals surface area contributed by atoms with Gasteiger partial charge >= 0.3 is 8.56 Å². The molecule has 0 bridgehead atoms. The lowest BCUT2D eigenvalue weighted by Crippen LogP contribution is -2.36. The van der Waals surface area contributed by atoms with Crippen LogP contribution >= 0.6 is 0 Å². The molecule has 94 valence electrons. The van der Waals surface area contributed by atoms with Gasteiger partial charge in [-0.15, -0.1) is 0 Å². The predicted octanol–water partition coefficient (Wildman–Crippen LogP) is 2.70. The molecule has 3 unspecified atom stereocenters.